The van der Waals surface area contributed by atoms with Crippen LogP contribution in [0.15, 0.2) is 17.4 Å². The Bertz CT molecular complexity index is 528. The first-order chi connectivity index (χ1) is 12.6. The molecule has 148 valence electrons. The number of aryl methyl sites for hydroxylation is 1. The number of hydrogen-bond donors (Lipinski definition) is 2. The molecule has 2 N–H and O–H groups in total. The predicted octanol–water partition coefficient (Wildman–Crippen LogP) is 2.42. The topological polar surface area (TPSA) is 57.5 Å². The second kappa shape index (κ2) is 11.2. The van der Waals surface area contributed by atoms with E-state index in [9.17, 15) is 0 Å². The van der Waals surface area contributed by atoms with Gasteiger partial charge in [-0.3, -0.25) is 14.6 Å². The fourth-order valence-electron chi connectivity index (χ4n) is 3.63. The largest absolute Gasteiger partial charge is 0.357 e. The molecule has 1 aromatic heterocycles. The highest BCUT2D eigenvalue weighted by atomic mass is 15.2. The highest BCUT2D eigenvalue weighted by molar-refractivity contribution is 5.79. The van der Waals surface area contributed by atoms with Gasteiger partial charge in [0.15, 0.2) is 5.96 Å². The molecule has 1 aliphatic heterocycles. The van der Waals surface area contributed by atoms with Crippen molar-refractivity contribution in [3.63, 3.8) is 0 Å². The Morgan fingerprint density at radius 2 is 1.92 bits per heavy atom. The molecule has 26 heavy (non-hydrogen) atoms. The number of guanidine groups is 1. The van der Waals surface area contributed by atoms with E-state index in [0.717, 1.165) is 32.0 Å². The number of aliphatic imine (C=N–C) groups is 1. The van der Waals surface area contributed by atoms with Crippen molar-refractivity contribution in [2.45, 2.75) is 58.9 Å². The number of hydrogen-bond acceptors (Lipinski definition) is 3. The summed E-state index contributed by atoms with van der Waals surface area (Å²) in [4.78, 5) is 7.58. The van der Waals surface area contributed by atoms with Crippen molar-refractivity contribution in [2.24, 2.45) is 18.0 Å². The van der Waals surface area contributed by atoms with Crippen molar-refractivity contribution in [3.8, 4) is 0 Å². The van der Waals surface area contributed by atoms with Crippen LogP contribution in [-0.2, 0) is 13.5 Å². The first kappa shape index (κ1) is 20.7. The Labute approximate surface area is 159 Å². The molecule has 2 rings (SSSR count). The third-order valence-corrected chi connectivity index (χ3v) is 5.12. The molecular weight excluding hydrogens is 324 g/mol. The van der Waals surface area contributed by atoms with Crippen LogP contribution in [-0.4, -0.2) is 59.4 Å². The van der Waals surface area contributed by atoms with Crippen molar-refractivity contribution in [1.29, 1.82) is 0 Å². The van der Waals surface area contributed by atoms with E-state index in [1.54, 1.807) is 0 Å². The Morgan fingerprint density at radius 3 is 2.50 bits per heavy atom. The lowest BCUT2D eigenvalue weighted by molar-refractivity contribution is 0.166. The third kappa shape index (κ3) is 6.98. The van der Waals surface area contributed by atoms with Gasteiger partial charge in [-0.25, -0.2) is 0 Å². The molecular formula is C20H38N6. The van der Waals surface area contributed by atoms with Crippen LogP contribution in [0.1, 0.15) is 52.0 Å². The van der Waals surface area contributed by atoms with Crippen LogP contribution in [0.5, 0.6) is 0 Å². The maximum Gasteiger partial charge on any atom is 0.191 e. The molecule has 0 bridgehead atoms. The maximum atomic E-state index is 4.91. The molecule has 1 unspecified atom stereocenters. The summed E-state index contributed by atoms with van der Waals surface area (Å²) in [6, 6.07) is 0.530. The van der Waals surface area contributed by atoms with Crippen LogP contribution >= 0.6 is 0 Å². The lowest BCUT2D eigenvalue weighted by Gasteiger charge is -2.32. The minimum Gasteiger partial charge on any atom is -0.357 e. The van der Waals surface area contributed by atoms with E-state index in [1.807, 2.05) is 17.9 Å². The number of aromatic nitrogens is 2. The monoisotopic (exact) mass is 362 g/mol. The molecule has 1 saturated heterocycles. The summed E-state index contributed by atoms with van der Waals surface area (Å²) >= 11 is 0. The predicted molar refractivity (Wildman–Crippen MR) is 110 cm³/mol. The summed E-state index contributed by atoms with van der Waals surface area (Å²) < 4.78 is 1.85. The van der Waals surface area contributed by atoms with Crippen molar-refractivity contribution in [2.75, 3.05) is 32.7 Å². The van der Waals surface area contributed by atoms with Crippen LogP contribution in [0.25, 0.3) is 0 Å². The number of rotatable bonds is 8. The molecule has 0 saturated carbocycles. The lowest BCUT2D eigenvalue weighted by Crippen LogP contribution is -2.44. The molecule has 0 aliphatic carbocycles. The molecule has 0 radical (unpaired) electrons. The van der Waals surface area contributed by atoms with Crippen LogP contribution in [0.4, 0.5) is 0 Å². The maximum absolute atomic E-state index is 4.91. The van der Waals surface area contributed by atoms with Crippen LogP contribution < -0.4 is 10.6 Å². The zero-order valence-corrected chi connectivity index (χ0v) is 17.2. The van der Waals surface area contributed by atoms with E-state index in [4.69, 9.17) is 4.99 Å². The highest BCUT2D eigenvalue weighted by Gasteiger charge is 2.22. The minimum atomic E-state index is 0.530. The summed E-state index contributed by atoms with van der Waals surface area (Å²) in [6.07, 6.45) is 10.4. The van der Waals surface area contributed by atoms with Gasteiger partial charge in [0.25, 0.3) is 0 Å². The van der Waals surface area contributed by atoms with Gasteiger partial charge in [0.2, 0.25) is 0 Å². The third-order valence-electron chi connectivity index (χ3n) is 5.12. The molecule has 1 fully saturated rings. The first-order valence-corrected chi connectivity index (χ1v) is 10.3. The Balaban J connectivity index is 1.89. The molecule has 6 nitrogen and oxygen atoms in total. The van der Waals surface area contributed by atoms with E-state index in [0.29, 0.717) is 12.0 Å². The standard InChI is InChI=1S/C20H38N6/c1-5-21-20(22-11-10-18-14-24-25(4)16-18)23-15-19(17(2)3)26-12-8-6-7-9-13-26/h14,16-17,19H,5-13,15H2,1-4H3,(H2,21,22,23). The van der Waals surface area contributed by atoms with Crippen LogP contribution in [0.2, 0.25) is 0 Å². The summed E-state index contributed by atoms with van der Waals surface area (Å²) in [5.41, 5.74) is 1.25. The van der Waals surface area contributed by atoms with E-state index in [-0.39, 0.29) is 0 Å². The van der Waals surface area contributed by atoms with Crippen molar-refractivity contribution in [1.82, 2.24) is 25.3 Å². The van der Waals surface area contributed by atoms with Gasteiger partial charge in [-0.2, -0.15) is 5.10 Å². The number of nitrogens with one attached hydrogen (secondary N) is 2. The van der Waals surface area contributed by atoms with Gasteiger partial charge < -0.3 is 10.6 Å². The summed E-state index contributed by atoms with van der Waals surface area (Å²) in [6.45, 7) is 11.8. The molecule has 0 aromatic carbocycles. The van der Waals surface area contributed by atoms with E-state index in [2.05, 4.69) is 47.6 Å². The van der Waals surface area contributed by atoms with Gasteiger partial charge >= 0.3 is 0 Å². The molecule has 6 heteroatoms. The molecule has 0 spiro atoms. The fraction of sp³-hybridized carbons (Fsp3) is 0.800. The van der Waals surface area contributed by atoms with Gasteiger partial charge in [0, 0.05) is 32.4 Å². The minimum absolute atomic E-state index is 0.530. The van der Waals surface area contributed by atoms with Gasteiger partial charge in [-0.1, -0.05) is 26.7 Å². The van der Waals surface area contributed by atoms with E-state index >= 15 is 0 Å². The quantitative estimate of drug-likeness (QED) is 0.551. The second-order valence-corrected chi connectivity index (χ2v) is 7.68. The zero-order valence-electron chi connectivity index (χ0n) is 17.2. The Kier molecular flexibility index (Phi) is 8.95. The van der Waals surface area contributed by atoms with Crippen molar-refractivity contribution >= 4 is 5.96 Å². The van der Waals surface area contributed by atoms with E-state index in [1.165, 1.54) is 44.3 Å². The summed E-state index contributed by atoms with van der Waals surface area (Å²) in [7, 11) is 1.96. The fourth-order valence-corrected chi connectivity index (χ4v) is 3.63. The molecule has 1 aliphatic rings. The van der Waals surface area contributed by atoms with Gasteiger partial charge in [-0.15, -0.1) is 0 Å². The first-order valence-electron chi connectivity index (χ1n) is 10.3. The van der Waals surface area contributed by atoms with Crippen molar-refractivity contribution in [3.05, 3.63) is 18.0 Å². The molecule has 1 aromatic rings. The summed E-state index contributed by atoms with van der Waals surface area (Å²) in [5, 5.41) is 11.1. The normalized spacial score (nSPS) is 18.0. The number of likely N-dealkylation sites (tertiary alicyclic amines) is 1. The van der Waals surface area contributed by atoms with Crippen molar-refractivity contribution < 1.29 is 0 Å². The molecule has 0 amide bonds. The average molecular weight is 363 g/mol. The zero-order chi connectivity index (χ0) is 18.8. The smallest absolute Gasteiger partial charge is 0.191 e. The Hall–Kier alpha value is -1.56. The van der Waals surface area contributed by atoms with Crippen LogP contribution in [0.3, 0.4) is 0 Å². The summed E-state index contributed by atoms with van der Waals surface area (Å²) in [5.74, 6) is 1.55. The SMILES string of the molecule is CCNC(=NCC(C(C)C)N1CCCCCC1)NCCc1cnn(C)c1. The second-order valence-electron chi connectivity index (χ2n) is 7.68. The van der Waals surface area contributed by atoms with Gasteiger partial charge in [0.05, 0.1) is 12.7 Å². The Morgan fingerprint density at radius 1 is 1.19 bits per heavy atom. The number of nitrogens with zero attached hydrogens (tertiary/aromatic N) is 4. The highest BCUT2D eigenvalue weighted by Crippen LogP contribution is 2.17. The van der Waals surface area contributed by atoms with Gasteiger partial charge in [0.1, 0.15) is 0 Å². The molecule has 1 atom stereocenters. The lowest BCUT2D eigenvalue weighted by atomic mass is 10.0. The van der Waals surface area contributed by atoms with Crippen LogP contribution in [0, 0.1) is 5.92 Å². The van der Waals surface area contributed by atoms with Gasteiger partial charge in [-0.05, 0) is 50.8 Å². The van der Waals surface area contributed by atoms with E-state index < -0.39 is 0 Å². The molecule has 2 heterocycles. The average Bonchev–Trinajstić information content (AvgIpc) is 2.84.